The Kier molecular flexibility index (Phi) is 5.01. The molecule has 0 spiro atoms. The average molecular weight is 276 g/mol. The Balaban J connectivity index is 2.15. The van der Waals surface area contributed by atoms with Crippen molar-refractivity contribution < 1.29 is 4.42 Å². The summed E-state index contributed by atoms with van der Waals surface area (Å²) >= 11 is 0. The van der Waals surface area contributed by atoms with Gasteiger partial charge in [0.05, 0.1) is 5.52 Å². The monoisotopic (exact) mass is 276 g/mol. The number of unbranched alkanes of at least 4 members (excludes halogenated alkanes) is 3. The number of hydrogen-bond donors (Lipinski definition) is 1. The molecular formula is C16H24N2O2. The second-order valence-electron chi connectivity index (χ2n) is 5.34. The molecular weight excluding hydrogens is 252 g/mol. The number of aryl methyl sites for hydroxylation is 1. The zero-order chi connectivity index (χ0) is 14.5. The molecule has 4 heteroatoms. The van der Waals surface area contributed by atoms with Crippen LogP contribution in [0.1, 0.15) is 50.6 Å². The number of fused-ring (bicyclic) bond motifs is 1. The predicted octanol–water partition coefficient (Wildman–Crippen LogP) is 3.36. The molecule has 4 nitrogen and oxygen atoms in total. The second kappa shape index (κ2) is 6.75. The lowest BCUT2D eigenvalue weighted by Gasteiger charge is -2.16. The summed E-state index contributed by atoms with van der Waals surface area (Å²) in [7, 11) is 3.71. The molecule has 1 heterocycles. The van der Waals surface area contributed by atoms with Crippen LogP contribution in [0, 0.1) is 0 Å². The van der Waals surface area contributed by atoms with Gasteiger partial charge in [0, 0.05) is 13.1 Å². The van der Waals surface area contributed by atoms with Crippen molar-refractivity contribution in [2.75, 3.05) is 7.05 Å². The third-order valence-corrected chi connectivity index (χ3v) is 3.91. The zero-order valence-electron chi connectivity index (χ0n) is 12.6. The first-order chi connectivity index (χ1) is 9.67. The number of benzene rings is 1. The molecule has 0 saturated heterocycles. The summed E-state index contributed by atoms with van der Waals surface area (Å²) in [4.78, 5) is 11.5. The van der Waals surface area contributed by atoms with Gasteiger partial charge in [-0.1, -0.05) is 38.7 Å². The van der Waals surface area contributed by atoms with Gasteiger partial charge in [-0.2, -0.15) is 0 Å². The molecule has 0 aliphatic carbocycles. The third kappa shape index (κ3) is 3.12. The fourth-order valence-electron chi connectivity index (χ4n) is 2.62. The highest BCUT2D eigenvalue weighted by atomic mass is 16.4. The zero-order valence-corrected chi connectivity index (χ0v) is 12.6. The van der Waals surface area contributed by atoms with E-state index in [9.17, 15) is 4.79 Å². The summed E-state index contributed by atoms with van der Waals surface area (Å²) in [5.74, 6) is -0.305. The minimum Gasteiger partial charge on any atom is -0.408 e. The van der Waals surface area contributed by atoms with Gasteiger partial charge in [-0.3, -0.25) is 4.57 Å². The maximum Gasteiger partial charge on any atom is 0.419 e. The van der Waals surface area contributed by atoms with E-state index in [4.69, 9.17) is 4.42 Å². The number of nitrogens with zero attached hydrogens (tertiary/aromatic N) is 1. The third-order valence-electron chi connectivity index (χ3n) is 3.91. The van der Waals surface area contributed by atoms with Gasteiger partial charge in [-0.15, -0.1) is 0 Å². The molecule has 0 fully saturated rings. The standard InChI is InChI=1S/C16H24N2O2/c1-4-5-6-7-8-13(17-2)12-9-10-14-15(11-12)20-16(19)18(14)3/h9-11,13,17H,4-8H2,1-3H3. The maximum atomic E-state index is 11.5. The smallest absolute Gasteiger partial charge is 0.408 e. The lowest BCUT2D eigenvalue weighted by molar-refractivity contribution is 0.502. The molecule has 1 aromatic carbocycles. The molecule has 1 aromatic heterocycles. The van der Waals surface area contributed by atoms with Crippen molar-refractivity contribution in [1.82, 2.24) is 9.88 Å². The first kappa shape index (κ1) is 14.9. The Labute approximate surface area is 119 Å². The molecule has 0 aliphatic rings. The molecule has 0 bridgehead atoms. The van der Waals surface area contributed by atoms with E-state index in [1.807, 2.05) is 19.2 Å². The number of nitrogens with one attached hydrogen (secondary N) is 1. The van der Waals surface area contributed by atoms with Gasteiger partial charge in [-0.25, -0.2) is 4.79 Å². The molecule has 1 N–H and O–H groups in total. The minimum absolute atomic E-state index is 0.305. The van der Waals surface area contributed by atoms with Crippen molar-refractivity contribution >= 4 is 11.1 Å². The van der Waals surface area contributed by atoms with Crippen LogP contribution in [0.25, 0.3) is 11.1 Å². The van der Waals surface area contributed by atoms with Gasteiger partial charge in [0.1, 0.15) is 0 Å². The molecule has 0 radical (unpaired) electrons. The van der Waals surface area contributed by atoms with Gasteiger partial charge in [0.25, 0.3) is 0 Å². The fourth-order valence-corrected chi connectivity index (χ4v) is 2.62. The maximum absolute atomic E-state index is 11.5. The van der Waals surface area contributed by atoms with Gasteiger partial charge in [0.15, 0.2) is 5.58 Å². The number of rotatable bonds is 7. The molecule has 0 saturated carbocycles. The van der Waals surface area contributed by atoms with Crippen molar-refractivity contribution in [3.63, 3.8) is 0 Å². The number of aromatic nitrogens is 1. The second-order valence-corrected chi connectivity index (χ2v) is 5.34. The summed E-state index contributed by atoms with van der Waals surface area (Å²) in [5.41, 5.74) is 2.70. The number of oxazole rings is 1. The van der Waals surface area contributed by atoms with E-state index in [2.05, 4.69) is 18.3 Å². The minimum atomic E-state index is -0.305. The molecule has 110 valence electrons. The van der Waals surface area contributed by atoms with E-state index in [0.717, 1.165) is 11.9 Å². The van der Waals surface area contributed by atoms with E-state index < -0.39 is 0 Å². The van der Waals surface area contributed by atoms with Crippen LogP contribution in [0.4, 0.5) is 0 Å². The Bertz CT molecular complexity index is 612. The summed E-state index contributed by atoms with van der Waals surface area (Å²) in [5, 5.41) is 3.35. The molecule has 2 aromatic rings. The Hall–Kier alpha value is -1.55. The Morgan fingerprint density at radius 2 is 2.10 bits per heavy atom. The SMILES string of the molecule is CCCCCCC(NC)c1ccc2c(c1)oc(=O)n2C. The van der Waals surface area contributed by atoms with Crippen molar-refractivity contribution in [1.29, 1.82) is 0 Å². The van der Waals surface area contributed by atoms with Gasteiger partial charge in [-0.05, 0) is 31.2 Å². The van der Waals surface area contributed by atoms with E-state index in [1.54, 1.807) is 7.05 Å². The quantitative estimate of drug-likeness (QED) is 0.789. The molecule has 1 atom stereocenters. The van der Waals surface area contributed by atoms with Crippen molar-refractivity contribution in [3.8, 4) is 0 Å². The largest absolute Gasteiger partial charge is 0.419 e. The molecule has 0 aliphatic heterocycles. The van der Waals surface area contributed by atoms with E-state index in [0.29, 0.717) is 11.6 Å². The predicted molar refractivity (Wildman–Crippen MR) is 82.0 cm³/mol. The lowest BCUT2D eigenvalue weighted by atomic mass is 10.00. The highest BCUT2D eigenvalue weighted by Gasteiger charge is 2.12. The summed E-state index contributed by atoms with van der Waals surface area (Å²) in [6.07, 6.45) is 6.15. The van der Waals surface area contributed by atoms with Gasteiger partial charge in [0.2, 0.25) is 0 Å². The normalized spacial score (nSPS) is 12.9. The van der Waals surface area contributed by atoms with E-state index in [1.165, 1.54) is 35.8 Å². The Morgan fingerprint density at radius 1 is 1.30 bits per heavy atom. The molecule has 0 amide bonds. The molecule has 1 unspecified atom stereocenters. The van der Waals surface area contributed by atoms with Crippen molar-refractivity contribution in [2.45, 2.75) is 45.1 Å². The first-order valence-corrected chi connectivity index (χ1v) is 7.44. The topological polar surface area (TPSA) is 47.2 Å². The van der Waals surface area contributed by atoms with Crippen LogP contribution < -0.4 is 11.1 Å². The van der Waals surface area contributed by atoms with Gasteiger partial charge < -0.3 is 9.73 Å². The van der Waals surface area contributed by atoms with Crippen molar-refractivity contribution in [2.24, 2.45) is 7.05 Å². The highest BCUT2D eigenvalue weighted by molar-refractivity contribution is 5.73. The van der Waals surface area contributed by atoms with Crippen LogP contribution in [0.5, 0.6) is 0 Å². The van der Waals surface area contributed by atoms with Crippen molar-refractivity contribution in [3.05, 3.63) is 34.3 Å². The fraction of sp³-hybridized carbons (Fsp3) is 0.562. The lowest BCUT2D eigenvalue weighted by Crippen LogP contribution is -2.16. The summed E-state index contributed by atoms with van der Waals surface area (Å²) in [6, 6.07) is 6.35. The first-order valence-electron chi connectivity index (χ1n) is 7.44. The highest BCUT2D eigenvalue weighted by Crippen LogP contribution is 2.23. The van der Waals surface area contributed by atoms with Crippen LogP contribution in [0.2, 0.25) is 0 Å². The van der Waals surface area contributed by atoms with Crippen LogP contribution >= 0.6 is 0 Å². The van der Waals surface area contributed by atoms with Crippen LogP contribution in [-0.4, -0.2) is 11.6 Å². The van der Waals surface area contributed by atoms with E-state index >= 15 is 0 Å². The van der Waals surface area contributed by atoms with Crippen LogP contribution in [0.15, 0.2) is 27.4 Å². The molecule has 20 heavy (non-hydrogen) atoms. The van der Waals surface area contributed by atoms with Crippen LogP contribution in [-0.2, 0) is 7.05 Å². The summed E-state index contributed by atoms with van der Waals surface area (Å²) < 4.78 is 6.79. The Morgan fingerprint density at radius 3 is 2.80 bits per heavy atom. The average Bonchev–Trinajstić information content (AvgIpc) is 2.74. The molecule has 2 rings (SSSR count). The van der Waals surface area contributed by atoms with E-state index in [-0.39, 0.29) is 5.76 Å². The van der Waals surface area contributed by atoms with Crippen LogP contribution in [0.3, 0.4) is 0 Å². The van der Waals surface area contributed by atoms with Gasteiger partial charge >= 0.3 is 5.76 Å². The number of hydrogen-bond acceptors (Lipinski definition) is 3. The summed E-state index contributed by atoms with van der Waals surface area (Å²) in [6.45, 7) is 2.22.